The molecule has 0 spiro atoms. The Morgan fingerprint density at radius 3 is 2.29 bits per heavy atom. The number of halogens is 2. The first-order chi connectivity index (χ1) is 19.9. The summed E-state index contributed by atoms with van der Waals surface area (Å²) in [4.78, 5) is 39.7. The number of methoxy groups -OCH3 is 2. The molecule has 0 aromatic heterocycles. The molecule has 4 amide bonds. The minimum atomic E-state index is -4.42. The third-order valence-electron chi connectivity index (χ3n) is 6.85. The summed E-state index contributed by atoms with van der Waals surface area (Å²) in [5, 5.41) is 7.96. The van der Waals surface area contributed by atoms with Gasteiger partial charge in [-0.1, -0.05) is 41.4 Å². The molecule has 0 saturated heterocycles. The van der Waals surface area contributed by atoms with Gasteiger partial charge in [0.15, 0.2) is 5.54 Å². The number of urea groups is 1. The molecule has 0 fully saturated rings. The van der Waals surface area contributed by atoms with Crippen LogP contribution in [0.25, 0.3) is 0 Å². The van der Waals surface area contributed by atoms with Gasteiger partial charge in [-0.25, -0.2) is 18.0 Å². The van der Waals surface area contributed by atoms with Crippen LogP contribution < -0.4 is 20.7 Å². The third kappa shape index (κ3) is 5.33. The predicted molar refractivity (Wildman–Crippen MR) is 158 cm³/mol. The first-order valence-electron chi connectivity index (χ1n) is 12.7. The van der Waals surface area contributed by atoms with Gasteiger partial charge in [0.05, 0.1) is 24.8 Å². The van der Waals surface area contributed by atoms with Gasteiger partial charge in [-0.15, -0.1) is 0 Å². The second-order valence-electron chi connectivity index (χ2n) is 9.10. The number of alkyl carbamates (subject to hydrolysis) is 1. The van der Waals surface area contributed by atoms with Crippen LogP contribution in [0.15, 0.2) is 64.4 Å². The van der Waals surface area contributed by atoms with Crippen molar-refractivity contribution >= 4 is 62.4 Å². The predicted octanol–water partition coefficient (Wildman–Crippen LogP) is 5.26. The van der Waals surface area contributed by atoms with Crippen molar-refractivity contribution in [1.82, 2.24) is 10.2 Å². The number of hydrogen-bond donors (Lipinski definition) is 3. The number of sulfone groups is 1. The summed E-state index contributed by atoms with van der Waals surface area (Å²) >= 11 is 12.9. The number of anilines is 2. The number of fused-ring (bicyclic) bond motifs is 1. The number of hydrogen-bond acceptors (Lipinski definition) is 7. The number of ether oxygens (including phenoxy) is 2. The fraction of sp³-hybridized carbons (Fsp3) is 0.250. The van der Waals surface area contributed by atoms with E-state index in [9.17, 15) is 22.8 Å². The molecule has 1 heterocycles. The number of nitrogens with one attached hydrogen (secondary N) is 3. The van der Waals surface area contributed by atoms with Crippen LogP contribution in [0.1, 0.15) is 25.0 Å². The SMILES string of the molecule is CCN(CC)C(=O)Nc1ccc(S(=O)(=O)c2cc(Cl)cc3c2NC(=O)C3(NC(=O)OC)c2ccccc2Cl)c(OC)c1. The Morgan fingerprint density at radius 2 is 1.67 bits per heavy atom. The lowest BCUT2D eigenvalue weighted by atomic mass is 9.84. The topological polar surface area (TPSA) is 143 Å². The van der Waals surface area contributed by atoms with Gasteiger partial charge in [0.25, 0.3) is 5.91 Å². The van der Waals surface area contributed by atoms with E-state index in [1.54, 1.807) is 17.0 Å². The Labute approximate surface area is 253 Å². The maximum atomic E-state index is 14.1. The molecular weight excluding hydrogens is 607 g/mol. The molecule has 14 heteroatoms. The Bertz CT molecular complexity index is 1680. The molecule has 0 aliphatic carbocycles. The summed E-state index contributed by atoms with van der Waals surface area (Å²) in [6.07, 6.45) is -0.966. The summed E-state index contributed by atoms with van der Waals surface area (Å²) in [5.74, 6) is -0.841. The summed E-state index contributed by atoms with van der Waals surface area (Å²) in [6, 6.07) is 12.6. The second-order valence-corrected chi connectivity index (χ2v) is 11.8. The first kappa shape index (κ1) is 30.9. The molecule has 1 aliphatic rings. The average Bonchev–Trinajstić information content (AvgIpc) is 3.24. The maximum Gasteiger partial charge on any atom is 0.408 e. The molecule has 0 saturated carbocycles. The Hall–Kier alpha value is -4.00. The van der Waals surface area contributed by atoms with E-state index in [0.29, 0.717) is 18.8 Å². The minimum absolute atomic E-state index is 0.0333. The van der Waals surface area contributed by atoms with E-state index >= 15 is 0 Å². The smallest absolute Gasteiger partial charge is 0.408 e. The van der Waals surface area contributed by atoms with Gasteiger partial charge in [0.1, 0.15) is 10.6 Å². The largest absolute Gasteiger partial charge is 0.495 e. The summed E-state index contributed by atoms with van der Waals surface area (Å²) in [5.41, 5.74) is -1.56. The first-order valence-corrected chi connectivity index (χ1v) is 14.9. The molecule has 1 aliphatic heterocycles. The Balaban J connectivity index is 1.89. The average molecular weight is 636 g/mol. The van der Waals surface area contributed by atoms with Crippen LogP contribution in [0.4, 0.5) is 21.0 Å². The van der Waals surface area contributed by atoms with Crippen LogP contribution in [-0.4, -0.2) is 58.7 Å². The van der Waals surface area contributed by atoms with Crippen molar-refractivity contribution in [1.29, 1.82) is 0 Å². The quantitative estimate of drug-likeness (QED) is 0.307. The fourth-order valence-electron chi connectivity index (χ4n) is 4.78. The summed E-state index contributed by atoms with van der Waals surface area (Å²) in [6.45, 7) is 4.64. The lowest BCUT2D eigenvalue weighted by molar-refractivity contribution is -0.120. The Morgan fingerprint density at radius 1 is 0.976 bits per heavy atom. The number of nitrogens with zero attached hydrogens (tertiary/aromatic N) is 1. The molecule has 3 N–H and O–H groups in total. The van der Waals surface area contributed by atoms with Gasteiger partial charge in [-0.3, -0.25) is 10.1 Å². The zero-order valence-corrected chi connectivity index (χ0v) is 25.4. The van der Waals surface area contributed by atoms with E-state index in [1.807, 2.05) is 13.8 Å². The van der Waals surface area contributed by atoms with Gasteiger partial charge in [-0.05, 0) is 44.2 Å². The van der Waals surface area contributed by atoms with Gasteiger partial charge < -0.3 is 25.0 Å². The molecule has 222 valence electrons. The molecule has 1 atom stereocenters. The van der Waals surface area contributed by atoms with E-state index in [0.717, 1.165) is 7.11 Å². The highest BCUT2D eigenvalue weighted by atomic mass is 35.5. The zero-order valence-electron chi connectivity index (χ0n) is 23.1. The Kier molecular flexibility index (Phi) is 8.90. The van der Waals surface area contributed by atoms with Crippen LogP contribution in [-0.2, 0) is 24.9 Å². The van der Waals surface area contributed by atoms with E-state index in [-0.39, 0.29) is 48.4 Å². The third-order valence-corrected chi connectivity index (χ3v) is 9.21. The summed E-state index contributed by atoms with van der Waals surface area (Å²) < 4.78 is 38.5. The highest BCUT2D eigenvalue weighted by molar-refractivity contribution is 7.91. The molecule has 3 aromatic carbocycles. The van der Waals surface area contributed by atoms with Crippen molar-refractivity contribution in [2.45, 2.75) is 29.2 Å². The van der Waals surface area contributed by atoms with Gasteiger partial charge in [0, 0.05) is 46.0 Å². The molecular formula is C28H28Cl2N4O7S. The normalized spacial score (nSPS) is 15.8. The molecule has 11 nitrogen and oxygen atoms in total. The number of benzene rings is 3. The zero-order chi connectivity index (χ0) is 30.8. The van der Waals surface area contributed by atoms with Crippen molar-refractivity contribution in [3.63, 3.8) is 0 Å². The van der Waals surface area contributed by atoms with E-state index in [4.69, 9.17) is 32.7 Å². The van der Waals surface area contributed by atoms with Crippen molar-refractivity contribution in [3.05, 3.63) is 75.8 Å². The van der Waals surface area contributed by atoms with E-state index in [2.05, 4.69) is 16.0 Å². The number of carbonyl (C=O) groups excluding carboxylic acids is 3. The molecule has 42 heavy (non-hydrogen) atoms. The highest BCUT2D eigenvalue weighted by Crippen LogP contribution is 2.48. The monoisotopic (exact) mass is 634 g/mol. The number of rotatable bonds is 8. The fourth-order valence-corrected chi connectivity index (χ4v) is 6.94. The van der Waals surface area contributed by atoms with Crippen LogP contribution in [0.5, 0.6) is 5.75 Å². The lowest BCUT2D eigenvalue weighted by Crippen LogP contribution is -2.51. The highest BCUT2D eigenvalue weighted by Gasteiger charge is 2.53. The molecule has 0 bridgehead atoms. The second kappa shape index (κ2) is 12.1. The van der Waals surface area contributed by atoms with Crippen LogP contribution in [0, 0.1) is 0 Å². The van der Waals surface area contributed by atoms with Gasteiger partial charge in [0.2, 0.25) is 9.84 Å². The van der Waals surface area contributed by atoms with E-state index in [1.165, 1.54) is 49.6 Å². The minimum Gasteiger partial charge on any atom is -0.495 e. The van der Waals surface area contributed by atoms with Crippen LogP contribution in [0.3, 0.4) is 0 Å². The van der Waals surface area contributed by atoms with Gasteiger partial charge >= 0.3 is 12.1 Å². The van der Waals surface area contributed by atoms with Crippen molar-refractivity contribution in [2.75, 3.05) is 37.9 Å². The number of carbonyl (C=O) groups is 3. The molecule has 0 radical (unpaired) electrons. The lowest BCUT2D eigenvalue weighted by Gasteiger charge is -2.29. The van der Waals surface area contributed by atoms with Crippen molar-refractivity contribution in [2.24, 2.45) is 0 Å². The van der Waals surface area contributed by atoms with Crippen LogP contribution >= 0.6 is 23.2 Å². The number of amides is 4. The van der Waals surface area contributed by atoms with E-state index < -0.39 is 27.4 Å². The maximum absolute atomic E-state index is 14.1. The van der Waals surface area contributed by atoms with Crippen molar-refractivity contribution in [3.8, 4) is 5.75 Å². The molecule has 1 unspecified atom stereocenters. The molecule has 3 aromatic rings. The molecule has 4 rings (SSSR count). The summed E-state index contributed by atoms with van der Waals surface area (Å²) in [7, 11) is -2.01. The van der Waals surface area contributed by atoms with Gasteiger partial charge in [-0.2, -0.15) is 0 Å². The standard InChI is InChI=1S/C28H28Cl2N4O7S/c1-5-34(6-2)26(36)31-17-11-12-22(21(15-17)40-3)42(38,39)23-14-16(29)13-19-24(23)32-25(35)28(19,33-27(37)41-4)18-9-7-8-10-20(18)30/h7-15H,5-6H2,1-4H3,(H,31,36)(H,32,35)(H,33,37). The van der Waals surface area contributed by atoms with Crippen LogP contribution in [0.2, 0.25) is 10.0 Å². The van der Waals surface area contributed by atoms with Crippen molar-refractivity contribution < 1.29 is 32.3 Å².